The van der Waals surface area contributed by atoms with Crippen molar-refractivity contribution in [3.63, 3.8) is 0 Å². The minimum atomic E-state index is 0.827. The molecule has 0 unspecified atom stereocenters. The summed E-state index contributed by atoms with van der Waals surface area (Å²) in [5, 5.41) is 9.86. The molecule has 0 fully saturated rings. The third-order valence-corrected chi connectivity index (χ3v) is 9.57. The largest absolute Gasteiger partial charge is 0.291 e. The molecule has 0 atom stereocenters. The van der Waals surface area contributed by atoms with Crippen molar-refractivity contribution >= 4 is 65.2 Å². The first-order chi connectivity index (χ1) is 23.3. The molecular formula is C44H27N3. The number of hydrogen-bond acceptors (Lipinski definition) is 2. The molecule has 0 amide bonds. The molecule has 2 aromatic heterocycles. The summed E-state index contributed by atoms with van der Waals surface area (Å²) in [5.74, 6) is 0.827. The maximum absolute atomic E-state index is 5.39. The van der Waals surface area contributed by atoms with Gasteiger partial charge >= 0.3 is 0 Å². The zero-order valence-corrected chi connectivity index (χ0v) is 25.4. The highest BCUT2D eigenvalue weighted by atomic mass is 15.1. The van der Waals surface area contributed by atoms with Crippen molar-refractivity contribution < 1.29 is 0 Å². The highest BCUT2D eigenvalue weighted by Gasteiger charge is 2.21. The highest BCUT2D eigenvalue weighted by molar-refractivity contribution is 6.27. The Morgan fingerprint density at radius 2 is 0.936 bits per heavy atom. The SMILES string of the molecule is c1ccc(-c2ccc(-c3nc4ccccc4nc3-n3c4ccccc4c4ccc5c(ccc6ccc7ccccc7c65)c43)cc2)cc1. The summed E-state index contributed by atoms with van der Waals surface area (Å²) < 4.78 is 2.35. The average molecular weight is 598 g/mol. The van der Waals surface area contributed by atoms with Crippen LogP contribution in [0, 0.1) is 0 Å². The third-order valence-electron chi connectivity index (χ3n) is 9.57. The molecule has 0 saturated heterocycles. The van der Waals surface area contributed by atoms with Crippen molar-refractivity contribution in [3.8, 4) is 28.2 Å². The second kappa shape index (κ2) is 10.1. The van der Waals surface area contributed by atoms with Gasteiger partial charge in [0.25, 0.3) is 0 Å². The van der Waals surface area contributed by atoms with Gasteiger partial charge in [-0.25, -0.2) is 9.97 Å². The van der Waals surface area contributed by atoms with Gasteiger partial charge in [-0.1, -0.05) is 146 Å². The molecule has 218 valence electrons. The van der Waals surface area contributed by atoms with E-state index >= 15 is 0 Å². The standard InChI is InChI=1S/C44H27N3/c1-2-10-28(11-3-1)29-18-22-32(23-19-29)42-44(46-39-16-8-7-15-38(39)45-42)47-40-17-9-6-14-34(40)36-27-26-35-37(43(36)47)25-24-31-21-20-30-12-4-5-13-33(30)41(31)35/h1-27H. The molecule has 3 heteroatoms. The van der Waals surface area contributed by atoms with Crippen molar-refractivity contribution in [1.82, 2.24) is 14.5 Å². The monoisotopic (exact) mass is 597 g/mol. The van der Waals surface area contributed by atoms with Crippen LogP contribution in [0.4, 0.5) is 0 Å². The molecule has 0 saturated carbocycles. The number of para-hydroxylation sites is 3. The maximum atomic E-state index is 5.39. The van der Waals surface area contributed by atoms with Crippen molar-refractivity contribution in [2.75, 3.05) is 0 Å². The van der Waals surface area contributed by atoms with Crippen LogP contribution < -0.4 is 0 Å². The topological polar surface area (TPSA) is 30.7 Å². The predicted molar refractivity (Wildman–Crippen MR) is 197 cm³/mol. The number of rotatable bonds is 3. The number of hydrogen-bond donors (Lipinski definition) is 0. The Balaban J connectivity index is 1.33. The molecule has 8 aromatic carbocycles. The van der Waals surface area contributed by atoms with Gasteiger partial charge in [-0.2, -0.15) is 0 Å². The molecule has 3 nitrogen and oxygen atoms in total. The lowest BCUT2D eigenvalue weighted by molar-refractivity contribution is 1.08. The van der Waals surface area contributed by atoms with Gasteiger partial charge in [-0.15, -0.1) is 0 Å². The van der Waals surface area contributed by atoms with Gasteiger partial charge in [0, 0.05) is 21.7 Å². The lowest BCUT2D eigenvalue weighted by atomic mass is 9.95. The molecule has 0 N–H and O–H groups in total. The highest BCUT2D eigenvalue weighted by Crippen LogP contribution is 2.41. The Morgan fingerprint density at radius 1 is 0.362 bits per heavy atom. The van der Waals surface area contributed by atoms with E-state index in [1.54, 1.807) is 0 Å². The van der Waals surface area contributed by atoms with Crippen LogP contribution in [-0.2, 0) is 0 Å². The fourth-order valence-corrected chi connectivity index (χ4v) is 7.38. The smallest absolute Gasteiger partial charge is 0.165 e. The fraction of sp³-hybridized carbons (Fsp3) is 0. The molecule has 10 aromatic rings. The Hall–Kier alpha value is -6.32. The van der Waals surface area contributed by atoms with Gasteiger partial charge in [0.15, 0.2) is 5.82 Å². The third kappa shape index (κ3) is 3.93. The zero-order chi connectivity index (χ0) is 30.9. The van der Waals surface area contributed by atoms with Crippen LogP contribution in [-0.4, -0.2) is 14.5 Å². The average Bonchev–Trinajstić information content (AvgIpc) is 3.49. The van der Waals surface area contributed by atoms with E-state index in [4.69, 9.17) is 9.97 Å². The van der Waals surface area contributed by atoms with Crippen LogP contribution in [0.25, 0.3) is 93.4 Å². The van der Waals surface area contributed by atoms with Gasteiger partial charge in [-0.3, -0.25) is 4.57 Å². The minimum absolute atomic E-state index is 0.827. The summed E-state index contributed by atoms with van der Waals surface area (Å²) >= 11 is 0. The number of aromatic nitrogens is 3. The lowest BCUT2D eigenvalue weighted by Crippen LogP contribution is -2.04. The second-order valence-electron chi connectivity index (χ2n) is 12.2. The van der Waals surface area contributed by atoms with Gasteiger partial charge in [0.1, 0.15) is 5.69 Å². The van der Waals surface area contributed by atoms with Gasteiger partial charge in [-0.05, 0) is 56.3 Å². The first-order valence-electron chi connectivity index (χ1n) is 16.0. The molecule has 0 aliphatic heterocycles. The van der Waals surface area contributed by atoms with Crippen molar-refractivity contribution in [2.24, 2.45) is 0 Å². The summed E-state index contributed by atoms with van der Waals surface area (Å²) in [6.45, 7) is 0. The summed E-state index contributed by atoms with van der Waals surface area (Å²) in [5.41, 5.74) is 8.25. The molecule has 0 radical (unpaired) electrons. The summed E-state index contributed by atoms with van der Waals surface area (Å²) in [6.07, 6.45) is 0. The maximum Gasteiger partial charge on any atom is 0.165 e. The summed E-state index contributed by atoms with van der Waals surface area (Å²) in [4.78, 5) is 10.7. The van der Waals surface area contributed by atoms with Crippen LogP contribution in [0.15, 0.2) is 164 Å². The van der Waals surface area contributed by atoms with E-state index in [0.717, 1.165) is 39.1 Å². The molecule has 2 heterocycles. The van der Waals surface area contributed by atoms with E-state index in [1.165, 1.54) is 54.2 Å². The number of fused-ring (bicyclic) bond motifs is 10. The fourth-order valence-electron chi connectivity index (χ4n) is 7.38. The van der Waals surface area contributed by atoms with Crippen molar-refractivity contribution in [1.29, 1.82) is 0 Å². The van der Waals surface area contributed by atoms with Crippen molar-refractivity contribution in [2.45, 2.75) is 0 Å². The van der Waals surface area contributed by atoms with E-state index in [0.29, 0.717) is 0 Å². The molecule has 47 heavy (non-hydrogen) atoms. The minimum Gasteiger partial charge on any atom is -0.291 e. The van der Waals surface area contributed by atoms with Crippen LogP contribution in [0.5, 0.6) is 0 Å². The molecule has 0 bridgehead atoms. The molecule has 0 spiro atoms. The van der Waals surface area contributed by atoms with E-state index in [2.05, 4.69) is 150 Å². The Kier molecular flexibility index (Phi) is 5.57. The Labute approximate surface area is 271 Å². The summed E-state index contributed by atoms with van der Waals surface area (Å²) in [7, 11) is 0. The second-order valence-corrected chi connectivity index (χ2v) is 12.2. The van der Waals surface area contributed by atoms with Crippen LogP contribution in [0.3, 0.4) is 0 Å². The van der Waals surface area contributed by atoms with Gasteiger partial charge in [0.05, 0.1) is 22.1 Å². The first kappa shape index (κ1) is 26.0. The Morgan fingerprint density at radius 3 is 1.79 bits per heavy atom. The molecular weight excluding hydrogens is 571 g/mol. The predicted octanol–water partition coefficient (Wildman–Crippen LogP) is 11.5. The molecule has 0 aliphatic rings. The van der Waals surface area contributed by atoms with Gasteiger partial charge < -0.3 is 0 Å². The Bertz CT molecular complexity index is 2830. The van der Waals surface area contributed by atoms with Crippen LogP contribution in [0.1, 0.15) is 0 Å². The number of nitrogens with zero attached hydrogens (tertiary/aromatic N) is 3. The molecule has 10 rings (SSSR count). The lowest BCUT2D eigenvalue weighted by Gasteiger charge is -2.15. The van der Waals surface area contributed by atoms with E-state index in [9.17, 15) is 0 Å². The normalized spacial score (nSPS) is 11.8. The van der Waals surface area contributed by atoms with Crippen LogP contribution >= 0.6 is 0 Å². The molecule has 0 aliphatic carbocycles. The number of benzene rings is 8. The van der Waals surface area contributed by atoms with E-state index in [1.807, 2.05) is 18.2 Å². The van der Waals surface area contributed by atoms with E-state index in [-0.39, 0.29) is 0 Å². The van der Waals surface area contributed by atoms with E-state index < -0.39 is 0 Å². The summed E-state index contributed by atoms with van der Waals surface area (Å²) in [6, 6.07) is 58.3. The zero-order valence-electron chi connectivity index (χ0n) is 25.4. The quantitative estimate of drug-likeness (QED) is 0.190. The first-order valence-corrected chi connectivity index (χ1v) is 16.0. The van der Waals surface area contributed by atoms with Gasteiger partial charge in [0.2, 0.25) is 0 Å². The van der Waals surface area contributed by atoms with Crippen LogP contribution in [0.2, 0.25) is 0 Å². The van der Waals surface area contributed by atoms with Crippen molar-refractivity contribution in [3.05, 3.63) is 164 Å².